The van der Waals surface area contributed by atoms with E-state index >= 15 is 0 Å². The van der Waals surface area contributed by atoms with Crippen LogP contribution < -0.4 is 19.5 Å². The fourth-order valence-corrected chi connectivity index (χ4v) is 3.21. The van der Waals surface area contributed by atoms with E-state index in [1.54, 1.807) is 0 Å². The van der Waals surface area contributed by atoms with Gasteiger partial charge < -0.3 is 19.5 Å². The lowest BCUT2D eigenvalue weighted by Crippen LogP contribution is -2.01. The van der Waals surface area contributed by atoms with Crippen molar-refractivity contribution in [3.63, 3.8) is 0 Å². The van der Waals surface area contributed by atoms with Crippen LogP contribution in [0.3, 0.4) is 0 Å². The zero-order valence-corrected chi connectivity index (χ0v) is 18.9. The second-order valence-corrected chi connectivity index (χ2v) is 6.83. The number of fused-ring (bicyclic) bond motifs is 1. The molecule has 0 radical (unpaired) electrons. The van der Waals surface area contributed by atoms with Gasteiger partial charge in [0.1, 0.15) is 24.5 Å². The highest BCUT2D eigenvalue weighted by molar-refractivity contribution is 5.93. The maximum absolute atomic E-state index is 5.86. The smallest absolute Gasteiger partial charge is 0.163 e. The first-order valence-corrected chi connectivity index (χ1v) is 10.3. The molecule has 1 heterocycles. The van der Waals surface area contributed by atoms with Crippen molar-refractivity contribution in [2.75, 3.05) is 18.5 Å². The minimum Gasteiger partial charge on any atom is -0.490 e. The first-order valence-electron chi connectivity index (χ1n) is 10.3. The van der Waals surface area contributed by atoms with Gasteiger partial charge in [0, 0.05) is 17.1 Å². The molecule has 0 unspecified atom stereocenters. The lowest BCUT2D eigenvalue weighted by Gasteiger charge is -2.14. The molecule has 3 aromatic carbocycles. The summed E-state index contributed by atoms with van der Waals surface area (Å²) in [5.74, 6) is 2.87. The second-order valence-electron chi connectivity index (χ2n) is 6.83. The highest BCUT2D eigenvalue weighted by Gasteiger charge is 2.12. The molecule has 0 bridgehead atoms. The Morgan fingerprint density at radius 1 is 0.781 bits per heavy atom. The molecular formula is C25H26ClN3O3. The number of hydrogen-bond acceptors (Lipinski definition) is 6. The van der Waals surface area contributed by atoms with Gasteiger partial charge in [-0.15, -0.1) is 12.4 Å². The van der Waals surface area contributed by atoms with E-state index in [1.807, 2.05) is 80.6 Å². The fraction of sp³-hybridized carbons (Fsp3) is 0.200. The zero-order valence-electron chi connectivity index (χ0n) is 18.1. The van der Waals surface area contributed by atoms with E-state index in [0.29, 0.717) is 37.1 Å². The number of nitrogens with zero attached hydrogens (tertiary/aromatic N) is 2. The molecule has 32 heavy (non-hydrogen) atoms. The van der Waals surface area contributed by atoms with Gasteiger partial charge in [0.2, 0.25) is 0 Å². The summed E-state index contributed by atoms with van der Waals surface area (Å²) in [6, 6.07) is 21.7. The molecule has 0 atom stereocenters. The SMILES string of the molecule is CCOc1cc2ncnc(Nc3ccc(OCc4ccccc4)cc3)c2cc1OCC.Cl. The van der Waals surface area contributed by atoms with Crippen molar-refractivity contribution in [2.45, 2.75) is 20.5 Å². The summed E-state index contributed by atoms with van der Waals surface area (Å²) in [6.45, 7) is 5.53. The first-order chi connectivity index (χ1) is 15.3. The molecule has 0 aliphatic heterocycles. The third-order valence-electron chi connectivity index (χ3n) is 4.67. The Morgan fingerprint density at radius 3 is 2.16 bits per heavy atom. The van der Waals surface area contributed by atoms with Gasteiger partial charge in [-0.05, 0) is 49.7 Å². The van der Waals surface area contributed by atoms with E-state index in [2.05, 4.69) is 15.3 Å². The fourth-order valence-electron chi connectivity index (χ4n) is 3.21. The zero-order chi connectivity index (χ0) is 21.5. The van der Waals surface area contributed by atoms with Crippen LogP contribution in [-0.4, -0.2) is 23.2 Å². The van der Waals surface area contributed by atoms with E-state index in [0.717, 1.165) is 27.9 Å². The topological polar surface area (TPSA) is 65.5 Å². The molecular weight excluding hydrogens is 426 g/mol. The predicted molar refractivity (Wildman–Crippen MR) is 130 cm³/mol. The lowest BCUT2D eigenvalue weighted by molar-refractivity contribution is 0.288. The van der Waals surface area contributed by atoms with Crippen LogP contribution in [0.15, 0.2) is 73.1 Å². The first kappa shape index (κ1) is 23.2. The Kier molecular flexibility index (Phi) is 8.11. The molecule has 0 aliphatic rings. The summed E-state index contributed by atoms with van der Waals surface area (Å²) < 4.78 is 17.3. The summed E-state index contributed by atoms with van der Waals surface area (Å²) in [6.07, 6.45) is 1.54. The van der Waals surface area contributed by atoms with Crippen molar-refractivity contribution in [3.8, 4) is 17.2 Å². The summed E-state index contributed by atoms with van der Waals surface area (Å²) in [4.78, 5) is 8.82. The Morgan fingerprint density at radius 2 is 1.47 bits per heavy atom. The van der Waals surface area contributed by atoms with E-state index in [-0.39, 0.29) is 12.4 Å². The molecule has 1 aromatic heterocycles. The van der Waals surface area contributed by atoms with Crippen molar-refractivity contribution in [3.05, 3.63) is 78.6 Å². The van der Waals surface area contributed by atoms with Crippen LogP contribution in [0.25, 0.3) is 10.9 Å². The average molecular weight is 452 g/mol. The predicted octanol–water partition coefficient (Wildman–Crippen LogP) is 6.17. The highest BCUT2D eigenvalue weighted by Crippen LogP contribution is 2.35. The maximum Gasteiger partial charge on any atom is 0.163 e. The van der Waals surface area contributed by atoms with Gasteiger partial charge in [-0.3, -0.25) is 0 Å². The maximum atomic E-state index is 5.86. The van der Waals surface area contributed by atoms with E-state index in [9.17, 15) is 0 Å². The molecule has 4 aromatic rings. The van der Waals surface area contributed by atoms with Crippen molar-refractivity contribution in [1.29, 1.82) is 0 Å². The Hall–Kier alpha value is -3.51. The number of benzene rings is 3. The number of hydrogen-bond donors (Lipinski definition) is 1. The van der Waals surface area contributed by atoms with Crippen molar-refractivity contribution >= 4 is 34.8 Å². The number of rotatable bonds is 9. The third-order valence-corrected chi connectivity index (χ3v) is 4.67. The molecule has 0 fully saturated rings. The molecule has 0 aliphatic carbocycles. The molecule has 0 saturated heterocycles. The second kappa shape index (κ2) is 11.2. The van der Waals surface area contributed by atoms with Gasteiger partial charge in [0.25, 0.3) is 0 Å². The molecule has 4 rings (SSSR count). The summed E-state index contributed by atoms with van der Waals surface area (Å²) >= 11 is 0. The quantitative estimate of drug-likeness (QED) is 0.328. The van der Waals surface area contributed by atoms with Crippen LogP contribution in [0.1, 0.15) is 19.4 Å². The number of anilines is 2. The molecule has 1 N–H and O–H groups in total. The van der Waals surface area contributed by atoms with E-state index in [4.69, 9.17) is 14.2 Å². The normalized spacial score (nSPS) is 10.3. The van der Waals surface area contributed by atoms with Gasteiger partial charge in [-0.25, -0.2) is 9.97 Å². The number of aromatic nitrogens is 2. The molecule has 0 saturated carbocycles. The van der Waals surface area contributed by atoms with Gasteiger partial charge >= 0.3 is 0 Å². The monoisotopic (exact) mass is 451 g/mol. The molecule has 7 heteroatoms. The largest absolute Gasteiger partial charge is 0.490 e. The number of ether oxygens (including phenoxy) is 3. The highest BCUT2D eigenvalue weighted by atomic mass is 35.5. The number of nitrogens with one attached hydrogen (secondary N) is 1. The molecule has 6 nitrogen and oxygen atoms in total. The van der Waals surface area contributed by atoms with Crippen molar-refractivity contribution in [2.24, 2.45) is 0 Å². The van der Waals surface area contributed by atoms with Crippen LogP contribution in [0, 0.1) is 0 Å². The molecule has 0 amide bonds. The minimum atomic E-state index is 0. The summed E-state index contributed by atoms with van der Waals surface area (Å²) in [7, 11) is 0. The van der Waals surface area contributed by atoms with Crippen LogP contribution in [0.4, 0.5) is 11.5 Å². The van der Waals surface area contributed by atoms with Crippen molar-refractivity contribution in [1.82, 2.24) is 9.97 Å². The standard InChI is InChI=1S/C25H25N3O3.ClH/c1-3-29-23-14-21-22(15-24(23)30-4-2)26-17-27-25(21)28-19-10-12-20(13-11-19)31-16-18-8-6-5-7-9-18;/h5-15,17H,3-4,16H2,1-2H3,(H,26,27,28);1H. The Balaban J connectivity index is 0.00000289. The third kappa shape index (κ3) is 5.59. The van der Waals surface area contributed by atoms with Crippen LogP contribution in [0.5, 0.6) is 17.2 Å². The lowest BCUT2D eigenvalue weighted by atomic mass is 10.2. The van der Waals surface area contributed by atoms with Crippen molar-refractivity contribution < 1.29 is 14.2 Å². The van der Waals surface area contributed by atoms with Crippen LogP contribution in [-0.2, 0) is 6.61 Å². The molecule has 166 valence electrons. The van der Waals surface area contributed by atoms with E-state index < -0.39 is 0 Å². The summed E-state index contributed by atoms with van der Waals surface area (Å²) in [5, 5.41) is 4.23. The van der Waals surface area contributed by atoms with Crippen LogP contribution in [0.2, 0.25) is 0 Å². The summed E-state index contributed by atoms with van der Waals surface area (Å²) in [5.41, 5.74) is 2.82. The van der Waals surface area contributed by atoms with Gasteiger partial charge in [0.15, 0.2) is 11.5 Å². The number of halogens is 1. The molecule has 0 spiro atoms. The Labute approximate surface area is 194 Å². The van der Waals surface area contributed by atoms with E-state index in [1.165, 1.54) is 6.33 Å². The van der Waals surface area contributed by atoms with Crippen LogP contribution >= 0.6 is 12.4 Å². The van der Waals surface area contributed by atoms with Gasteiger partial charge in [0.05, 0.1) is 18.7 Å². The van der Waals surface area contributed by atoms with Gasteiger partial charge in [-0.1, -0.05) is 30.3 Å². The minimum absolute atomic E-state index is 0. The average Bonchev–Trinajstić information content (AvgIpc) is 2.80. The Bertz CT molecular complexity index is 1140. The van der Waals surface area contributed by atoms with Gasteiger partial charge in [-0.2, -0.15) is 0 Å².